The van der Waals surface area contributed by atoms with Crippen LogP contribution in [0.3, 0.4) is 0 Å². The van der Waals surface area contributed by atoms with Crippen molar-refractivity contribution < 1.29 is 19.5 Å². The second kappa shape index (κ2) is 19.0. The quantitative estimate of drug-likeness (QED) is 0.231. The minimum Gasteiger partial charge on any atom is -0.480 e. The molecule has 6 heteroatoms. The molecule has 0 aliphatic heterocycles. The summed E-state index contributed by atoms with van der Waals surface area (Å²) < 4.78 is 0. The number of amides is 2. The maximum absolute atomic E-state index is 11.8. The first-order valence-corrected chi connectivity index (χ1v) is 10.7. The molecule has 0 saturated heterocycles. The second-order valence-corrected chi connectivity index (χ2v) is 7.06. The summed E-state index contributed by atoms with van der Waals surface area (Å²) in [4.78, 5) is 33.7. The van der Waals surface area contributed by atoms with Crippen LogP contribution in [0.4, 0.5) is 0 Å². The molecule has 4 N–H and O–H groups in total. The molecule has 1 atom stereocenters. The average Bonchev–Trinajstić information content (AvgIpc) is 2.67. The third kappa shape index (κ3) is 18.7. The zero-order valence-corrected chi connectivity index (χ0v) is 17.8. The number of nitrogens with one attached hydrogen (secondary N) is 1. The Bertz CT molecular complexity index is 553. The van der Waals surface area contributed by atoms with Crippen LogP contribution >= 0.6 is 0 Å². The highest BCUT2D eigenvalue weighted by atomic mass is 16.4. The largest absolute Gasteiger partial charge is 0.480 e. The van der Waals surface area contributed by atoms with E-state index in [0.29, 0.717) is 6.42 Å². The first kappa shape index (κ1) is 26.6. The Kier molecular flexibility index (Phi) is 17.4. The van der Waals surface area contributed by atoms with E-state index in [1.165, 1.54) is 0 Å². The number of allylic oxidation sites excluding steroid dienone is 6. The van der Waals surface area contributed by atoms with Crippen molar-refractivity contribution in [2.24, 2.45) is 5.73 Å². The van der Waals surface area contributed by atoms with Gasteiger partial charge in [0.05, 0.1) is 0 Å². The van der Waals surface area contributed by atoms with Gasteiger partial charge in [0, 0.05) is 12.8 Å². The van der Waals surface area contributed by atoms with E-state index in [0.717, 1.165) is 57.8 Å². The molecule has 0 heterocycles. The Labute approximate surface area is 175 Å². The van der Waals surface area contributed by atoms with Crippen molar-refractivity contribution in [3.8, 4) is 0 Å². The molecular formula is C23H38N2O4. The molecule has 0 spiro atoms. The summed E-state index contributed by atoms with van der Waals surface area (Å²) >= 11 is 0. The zero-order valence-electron chi connectivity index (χ0n) is 17.8. The summed E-state index contributed by atoms with van der Waals surface area (Å²) in [6.07, 6.45) is 22.6. The van der Waals surface area contributed by atoms with Gasteiger partial charge < -0.3 is 16.2 Å². The fourth-order valence-electron chi connectivity index (χ4n) is 2.72. The molecule has 0 aliphatic rings. The lowest BCUT2D eigenvalue weighted by molar-refractivity contribution is -0.142. The number of primary amides is 1. The Morgan fingerprint density at radius 3 is 2.07 bits per heavy atom. The van der Waals surface area contributed by atoms with Gasteiger partial charge in [0.15, 0.2) is 0 Å². The molecule has 6 nitrogen and oxygen atoms in total. The first-order valence-electron chi connectivity index (χ1n) is 10.7. The molecule has 0 saturated carbocycles. The number of carbonyl (C=O) groups is 3. The van der Waals surface area contributed by atoms with E-state index in [-0.39, 0.29) is 18.7 Å². The topological polar surface area (TPSA) is 109 Å². The summed E-state index contributed by atoms with van der Waals surface area (Å²) in [5.74, 6) is -2.00. The van der Waals surface area contributed by atoms with Crippen molar-refractivity contribution in [2.75, 3.05) is 0 Å². The van der Waals surface area contributed by atoms with Crippen molar-refractivity contribution in [2.45, 2.75) is 90.0 Å². The first-order chi connectivity index (χ1) is 14.0. The summed E-state index contributed by atoms with van der Waals surface area (Å²) in [6, 6.07) is -1.05. The number of carboxylic acids is 1. The number of hydrogen-bond acceptors (Lipinski definition) is 3. The number of carbonyl (C=O) groups excluding carboxylic acids is 2. The molecule has 0 rings (SSSR count). The van der Waals surface area contributed by atoms with Crippen molar-refractivity contribution in [1.82, 2.24) is 5.32 Å². The van der Waals surface area contributed by atoms with Gasteiger partial charge in [-0.05, 0) is 44.9 Å². The van der Waals surface area contributed by atoms with E-state index in [1.807, 2.05) is 0 Å². The van der Waals surface area contributed by atoms with Gasteiger partial charge in [-0.3, -0.25) is 9.59 Å². The summed E-state index contributed by atoms with van der Waals surface area (Å²) in [5, 5.41) is 11.5. The molecule has 0 radical (unpaired) electrons. The van der Waals surface area contributed by atoms with Crippen molar-refractivity contribution in [3.63, 3.8) is 0 Å². The molecule has 29 heavy (non-hydrogen) atoms. The Hall–Kier alpha value is -2.37. The van der Waals surface area contributed by atoms with E-state index < -0.39 is 17.9 Å². The van der Waals surface area contributed by atoms with Crippen LogP contribution in [0.1, 0.15) is 84.0 Å². The highest BCUT2D eigenvalue weighted by molar-refractivity contribution is 5.84. The van der Waals surface area contributed by atoms with Gasteiger partial charge in [-0.25, -0.2) is 4.79 Å². The molecule has 0 fully saturated rings. The maximum Gasteiger partial charge on any atom is 0.326 e. The smallest absolute Gasteiger partial charge is 0.326 e. The van der Waals surface area contributed by atoms with Gasteiger partial charge in [-0.15, -0.1) is 0 Å². The van der Waals surface area contributed by atoms with Crippen molar-refractivity contribution in [1.29, 1.82) is 0 Å². The van der Waals surface area contributed by atoms with E-state index >= 15 is 0 Å². The van der Waals surface area contributed by atoms with E-state index in [9.17, 15) is 14.4 Å². The number of rotatable bonds is 18. The minimum atomic E-state index is -1.14. The van der Waals surface area contributed by atoms with E-state index in [4.69, 9.17) is 10.8 Å². The second-order valence-electron chi connectivity index (χ2n) is 7.06. The normalized spacial score (nSPS) is 12.7. The summed E-state index contributed by atoms with van der Waals surface area (Å²) in [7, 11) is 0. The summed E-state index contributed by atoms with van der Waals surface area (Å²) in [6.45, 7) is 2.13. The predicted molar refractivity (Wildman–Crippen MR) is 117 cm³/mol. The van der Waals surface area contributed by atoms with Crippen molar-refractivity contribution >= 4 is 17.8 Å². The van der Waals surface area contributed by atoms with Gasteiger partial charge in [0.2, 0.25) is 11.8 Å². The van der Waals surface area contributed by atoms with Crippen LogP contribution in [0.15, 0.2) is 36.5 Å². The lowest BCUT2D eigenvalue weighted by atomic mass is 10.1. The lowest BCUT2D eigenvalue weighted by Gasteiger charge is -2.13. The van der Waals surface area contributed by atoms with E-state index in [1.54, 1.807) is 0 Å². The molecule has 2 amide bonds. The highest BCUT2D eigenvalue weighted by Gasteiger charge is 2.20. The average molecular weight is 407 g/mol. The molecule has 0 bridgehead atoms. The van der Waals surface area contributed by atoms with Crippen LogP contribution in [0.5, 0.6) is 0 Å². The third-order valence-corrected chi connectivity index (χ3v) is 4.37. The Morgan fingerprint density at radius 1 is 0.862 bits per heavy atom. The number of unbranched alkanes of at least 4 members (excludes halogenated alkanes) is 5. The van der Waals surface area contributed by atoms with Gasteiger partial charge in [0.25, 0.3) is 0 Å². The molecule has 164 valence electrons. The monoisotopic (exact) mass is 406 g/mol. The number of nitrogens with two attached hydrogens (primary N) is 1. The maximum atomic E-state index is 11.8. The molecular weight excluding hydrogens is 368 g/mol. The van der Waals surface area contributed by atoms with Gasteiger partial charge in [0.1, 0.15) is 6.04 Å². The number of carboxylic acid groups (broad SMARTS) is 1. The Morgan fingerprint density at radius 2 is 1.45 bits per heavy atom. The van der Waals surface area contributed by atoms with Crippen LogP contribution in [0.2, 0.25) is 0 Å². The molecule has 0 aromatic rings. The molecule has 0 aromatic carbocycles. The lowest BCUT2D eigenvalue weighted by Crippen LogP contribution is -2.41. The number of hydrogen-bond donors (Lipinski definition) is 3. The van der Waals surface area contributed by atoms with Crippen molar-refractivity contribution in [3.05, 3.63) is 36.5 Å². The third-order valence-electron chi connectivity index (χ3n) is 4.37. The number of aliphatic carboxylic acids is 1. The highest BCUT2D eigenvalue weighted by Crippen LogP contribution is 2.08. The SMILES string of the molecule is CC/C=C\C/C=C\C/C=C\CCCCCCCC(=O)NC(CCC(N)=O)C(=O)O. The standard InChI is InChI=1S/C23H38N2O4/c1-2-3-4-5-6-7-8-9-10-11-12-13-14-15-16-17-22(27)25-20(23(28)29)18-19-21(24)26/h3-4,6-7,9-10,20H,2,5,8,11-19H2,1H3,(H2,24,26)(H,25,27)(H,28,29)/b4-3-,7-6-,10-9-. The zero-order chi connectivity index (χ0) is 21.7. The van der Waals surface area contributed by atoms with Gasteiger partial charge in [-0.1, -0.05) is 62.6 Å². The Balaban J connectivity index is 3.65. The van der Waals surface area contributed by atoms with Crippen LogP contribution in [-0.2, 0) is 14.4 Å². The van der Waals surface area contributed by atoms with Crippen LogP contribution < -0.4 is 11.1 Å². The van der Waals surface area contributed by atoms with Crippen LogP contribution in [-0.4, -0.2) is 28.9 Å². The van der Waals surface area contributed by atoms with Crippen LogP contribution in [0.25, 0.3) is 0 Å². The fourth-order valence-corrected chi connectivity index (χ4v) is 2.72. The molecule has 0 aliphatic carbocycles. The van der Waals surface area contributed by atoms with Crippen LogP contribution in [0, 0.1) is 0 Å². The fraction of sp³-hybridized carbons (Fsp3) is 0.609. The van der Waals surface area contributed by atoms with E-state index in [2.05, 4.69) is 48.7 Å². The van der Waals surface area contributed by atoms with Gasteiger partial charge >= 0.3 is 5.97 Å². The minimum absolute atomic E-state index is 0.0234. The molecule has 0 aromatic heterocycles. The van der Waals surface area contributed by atoms with Gasteiger partial charge in [-0.2, -0.15) is 0 Å². The molecule has 1 unspecified atom stereocenters. The predicted octanol–water partition coefficient (Wildman–Crippen LogP) is 4.41. The summed E-state index contributed by atoms with van der Waals surface area (Å²) in [5.41, 5.74) is 5.02.